The lowest BCUT2D eigenvalue weighted by Crippen LogP contribution is -2.35. The van der Waals surface area contributed by atoms with Gasteiger partial charge in [0.05, 0.1) is 16.7 Å². The standard InChI is InChI=1S/C16H20ClN3O3/c17-14-6-5-11(8-13(14)15(21)19-10-3-4-10)20-16(22)18-9-12-2-1-7-23-12/h5-6,8,10,12H,1-4,7,9H2,(H,19,21)(H2,18,20,22)/t12-/m1/s1. The Hall–Kier alpha value is -1.79. The van der Waals surface area contributed by atoms with Crippen LogP contribution in [0, 0.1) is 0 Å². The molecule has 3 N–H and O–H groups in total. The molecule has 3 rings (SSSR count). The summed E-state index contributed by atoms with van der Waals surface area (Å²) in [5, 5.41) is 8.74. The van der Waals surface area contributed by atoms with Crippen LogP contribution in [0.2, 0.25) is 5.02 Å². The fraction of sp³-hybridized carbons (Fsp3) is 0.500. The number of carbonyl (C=O) groups is 2. The summed E-state index contributed by atoms with van der Waals surface area (Å²) in [4.78, 5) is 24.0. The first-order valence-corrected chi connectivity index (χ1v) is 8.26. The third kappa shape index (κ3) is 4.59. The number of hydrogen-bond donors (Lipinski definition) is 3. The molecule has 2 aliphatic rings. The molecule has 0 aromatic heterocycles. The topological polar surface area (TPSA) is 79.5 Å². The van der Waals surface area contributed by atoms with E-state index in [2.05, 4.69) is 16.0 Å². The third-order valence-electron chi connectivity index (χ3n) is 3.90. The number of halogens is 1. The summed E-state index contributed by atoms with van der Waals surface area (Å²) in [6, 6.07) is 4.80. The fourth-order valence-electron chi connectivity index (χ4n) is 2.46. The zero-order chi connectivity index (χ0) is 16.2. The number of ether oxygens (including phenoxy) is 1. The summed E-state index contributed by atoms with van der Waals surface area (Å²) in [5.41, 5.74) is 0.899. The molecule has 124 valence electrons. The van der Waals surface area contributed by atoms with Crippen molar-refractivity contribution in [2.24, 2.45) is 0 Å². The van der Waals surface area contributed by atoms with Crippen LogP contribution in [0.25, 0.3) is 0 Å². The molecule has 0 bridgehead atoms. The van der Waals surface area contributed by atoms with Crippen LogP contribution >= 0.6 is 11.6 Å². The summed E-state index contributed by atoms with van der Waals surface area (Å²) >= 11 is 6.07. The Morgan fingerprint density at radius 3 is 2.78 bits per heavy atom. The summed E-state index contributed by atoms with van der Waals surface area (Å²) in [6.45, 7) is 1.24. The number of rotatable bonds is 5. The number of urea groups is 1. The lowest BCUT2D eigenvalue weighted by molar-refractivity contribution is 0.0951. The molecule has 1 heterocycles. The molecule has 1 aliphatic heterocycles. The highest BCUT2D eigenvalue weighted by Gasteiger charge is 2.25. The number of amides is 3. The zero-order valence-electron chi connectivity index (χ0n) is 12.7. The fourth-order valence-corrected chi connectivity index (χ4v) is 2.66. The van der Waals surface area contributed by atoms with Crippen LogP contribution in [0.15, 0.2) is 18.2 Å². The van der Waals surface area contributed by atoms with Gasteiger partial charge in [0.25, 0.3) is 5.91 Å². The van der Waals surface area contributed by atoms with Crippen LogP contribution in [0.4, 0.5) is 10.5 Å². The van der Waals surface area contributed by atoms with E-state index < -0.39 is 0 Å². The molecule has 7 heteroatoms. The van der Waals surface area contributed by atoms with Gasteiger partial charge in [-0.05, 0) is 43.9 Å². The minimum Gasteiger partial charge on any atom is -0.376 e. The number of carbonyl (C=O) groups excluding carboxylic acids is 2. The minimum absolute atomic E-state index is 0.0887. The van der Waals surface area contributed by atoms with Gasteiger partial charge in [0, 0.05) is 24.9 Å². The molecular weight excluding hydrogens is 318 g/mol. The monoisotopic (exact) mass is 337 g/mol. The quantitative estimate of drug-likeness (QED) is 0.772. The van der Waals surface area contributed by atoms with Crippen LogP contribution in [0.1, 0.15) is 36.0 Å². The molecular formula is C16H20ClN3O3. The Labute approximate surface area is 139 Å². The zero-order valence-corrected chi connectivity index (χ0v) is 13.5. The number of anilines is 1. The average Bonchev–Trinajstić information content (AvgIpc) is 3.18. The maximum atomic E-state index is 12.1. The molecule has 1 atom stereocenters. The van der Waals surface area contributed by atoms with Crippen molar-refractivity contribution in [3.05, 3.63) is 28.8 Å². The molecule has 1 saturated carbocycles. The first kappa shape index (κ1) is 16.1. The van der Waals surface area contributed by atoms with Crippen LogP contribution in [0.3, 0.4) is 0 Å². The van der Waals surface area contributed by atoms with Gasteiger partial charge in [0.2, 0.25) is 0 Å². The van der Waals surface area contributed by atoms with Gasteiger partial charge in [0.15, 0.2) is 0 Å². The van der Waals surface area contributed by atoms with Crippen molar-refractivity contribution in [2.75, 3.05) is 18.5 Å². The van der Waals surface area contributed by atoms with E-state index in [4.69, 9.17) is 16.3 Å². The highest BCUT2D eigenvalue weighted by Crippen LogP contribution is 2.24. The second-order valence-electron chi connectivity index (χ2n) is 5.91. The van der Waals surface area contributed by atoms with E-state index >= 15 is 0 Å². The van der Waals surface area contributed by atoms with Crippen molar-refractivity contribution in [2.45, 2.75) is 37.8 Å². The molecule has 1 saturated heterocycles. The van der Waals surface area contributed by atoms with E-state index in [0.717, 1.165) is 32.3 Å². The van der Waals surface area contributed by atoms with Gasteiger partial charge in [-0.1, -0.05) is 11.6 Å². The third-order valence-corrected chi connectivity index (χ3v) is 4.23. The number of nitrogens with one attached hydrogen (secondary N) is 3. The predicted molar refractivity (Wildman–Crippen MR) is 87.9 cm³/mol. The predicted octanol–water partition coefficient (Wildman–Crippen LogP) is 2.53. The van der Waals surface area contributed by atoms with Gasteiger partial charge < -0.3 is 20.7 Å². The lowest BCUT2D eigenvalue weighted by atomic mass is 10.2. The van der Waals surface area contributed by atoms with Crippen molar-refractivity contribution in [3.8, 4) is 0 Å². The molecule has 1 aromatic rings. The number of benzene rings is 1. The van der Waals surface area contributed by atoms with Crippen LogP contribution < -0.4 is 16.0 Å². The summed E-state index contributed by atoms with van der Waals surface area (Å²) in [6.07, 6.45) is 4.10. The first-order chi connectivity index (χ1) is 11.1. The van der Waals surface area contributed by atoms with E-state index in [1.807, 2.05) is 0 Å². The highest BCUT2D eigenvalue weighted by atomic mass is 35.5. The molecule has 23 heavy (non-hydrogen) atoms. The van der Waals surface area contributed by atoms with E-state index in [1.165, 1.54) is 0 Å². The number of hydrogen-bond acceptors (Lipinski definition) is 3. The van der Waals surface area contributed by atoms with Crippen molar-refractivity contribution < 1.29 is 14.3 Å². The maximum absolute atomic E-state index is 12.1. The van der Waals surface area contributed by atoms with Crippen LogP contribution in [0.5, 0.6) is 0 Å². The van der Waals surface area contributed by atoms with E-state index in [-0.39, 0.29) is 24.1 Å². The van der Waals surface area contributed by atoms with E-state index in [0.29, 0.717) is 22.8 Å². The SMILES string of the molecule is O=C(NC[C@H]1CCCO1)Nc1ccc(Cl)c(C(=O)NC2CC2)c1. The molecule has 6 nitrogen and oxygen atoms in total. The van der Waals surface area contributed by atoms with E-state index in [1.54, 1.807) is 18.2 Å². The summed E-state index contributed by atoms with van der Waals surface area (Å²) in [7, 11) is 0. The normalized spacial score (nSPS) is 20.1. The maximum Gasteiger partial charge on any atom is 0.319 e. The second-order valence-corrected chi connectivity index (χ2v) is 6.32. The smallest absolute Gasteiger partial charge is 0.319 e. The van der Waals surface area contributed by atoms with Gasteiger partial charge in [-0.25, -0.2) is 4.79 Å². The Kier molecular flexibility index (Phi) is 5.03. The Morgan fingerprint density at radius 2 is 2.09 bits per heavy atom. The first-order valence-electron chi connectivity index (χ1n) is 7.88. The Bertz CT molecular complexity index is 598. The van der Waals surface area contributed by atoms with Gasteiger partial charge in [-0.2, -0.15) is 0 Å². The van der Waals surface area contributed by atoms with Crippen molar-refractivity contribution in [1.82, 2.24) is 10.6 Å². The molecule has 3 amide bonds. The van der Waals surface area contributed by atoms with Gasteiger partial charge >= 0.3 is 6.03 Å². The molecule has 1 aliphatic carbocycles. The largest absolute Gasteiger partial charge is 0.376 e. The molecule has 1 aromatic carbocycles. The van der Waals surface area contributed by atoms with Gasteiger partial charge in [-0.15, -0.1) is 0 Å². The molecule has 0 radical (unpaired) electrons. The molecule has 0 unspecified atom stereocenters. The van der Waals surface area contributed by atoms with Crippen molar-refractivity contribution in [1.29, 1.82) is 0 Å². The van der Waals surface area contributed by atoms with Gasteiger partial charge in [0.1, 0.15) is 0 Å². The van der Waals surface area contributed by atoms with Crippen LogP contribution in [-0.2, 0) is 4.74 Å². The minimum atomic E-state index is -0.323. The average molecular weight is 338 g/mol. The Balaban J connectivity index is 1.56. The van der Waals surface area contributed by atoms with Gasteiger partial charge in [-0.3, -0.25) is 4.79 Å². The summed E-state index contributed by atoms with van der Waals surface area (Å²) in [5.74, 6) is -0.207. The van der Waals surface area contributed by atoms with Crippen molar-refractivity contribution >= 4 is 29.2 Å². The molecule has 2 fully saturated rings. The Morgan fingerprint density at radius 1 is 1.26 bits per heavy atom. The summed E-state index contributed by atoms with van der Waals surface area (Å²) < 4.78 is 5.45. The molecule has 0 spiro atoms. The second kappa shape index (κ2) is 7.19. The highest BCUT2D eigenvalue weighted by molar-refractivity contribution is 6.34. The van der Waals surface area contributed by atoms with E-state index in [9.17, 15) is 9.59 Å². The lowest BCUT2D eigenvalue weighted by Gasteiger charge is -2.13. The van der Waals surface area contributed by atoms with Crippen LogP contribution in [-0.4, -0.2) is 37.2 Å². The van der Waals surface area contributed by atoms with Crippen molar-refractivity contribution in [3.63, 3.8) is 0 Å².